The molecule has 0 aliphatic rings. The summed E-state index contributed by atoms with van der Waals surface area (Å²) in [7, 11) is 0.332. The number of hydrazone groups is 1. The molecule has 2 aromatic rings. The fourth-order valence-corrected chi connectivity index (χ4v) is 1.46. The van der Waals surface area contributed by atoms with Gasteiger partial charge < -0.3 is 4.55 Å². The van der Waals surface area contributed by atoms with Gasteiger partial charge in [0.1, 0.15) is 7.05 Å². The molecule has 0 saturated carbocycles. The monoisotopic (exact) mass is 337 g/mol. The molecule has 0 aliphatic heterocycles. The number of para-hydroxylation sites is 1. The van der Waals surface area contributed by atoms with E-state index in [1.54, 1.807) is 0 Å². The smallest absolute Gasteiger partial charge is 0.217 e. The number of rotatable bonds is 4. The number of hydrogen-bond acceptors (Lipinski definition) is 6. The highest BCUT2D eigenvalue weighted by Crippen LogP contribution is 2.10. The number of hydrogen-bond donors (Lipinski definition) is 0. The molecule has 0 aliphatic carbocycles. The van der Waals surface area contributed by atoms with Gasteiger partial charge in [-0.05, 0) is 12.1 Å². The van der Waals surface area contributed by atoms with E-state index in [-0.39, 0.29) is 0 Å². The van der Waals surface area contributed by atoms with E-state index in [0.717, 1.165) is 18.4 Å². The highest BCUT2D eigenvalue weighted by molar-refractivity contribution is 7.80. The van der Waals surface area contributed by atoms with Crippen LogP contribution in [-0.4, -0.2) is 33.3 Å². The molecule has 124 valence electrons. The summed E-state index contributed by atoms with van der Waals surface area (Å²) in [6, 6.07) is 14.1. The molecule has 0 saturated heterocycles. The zero-order chi connectivity index (χ0) is 17.3. The molecular weight excluding hydrogens is 318 g/mol. The molecule has 7 nitrogen and oxygen atoms in total. The van der Waals surface area contributed by atoms with Crippen LogP contribution < -0.4 is 9.58 Å². The van der Waals surface area contributed by atoms with Gasteiger partial charge >= 0.3 is 0 Å². The Balaban J connectivity index is 0.000000379. The summed E-state index contributed by atoms with van der Waals surface area (Å²) in [5.41, 5.74) is 2.16. The zero-order valence-corrected chi connectivity index (χ0v) is 14.0. The van der Waals surface area contributed by atoms with Crippen LogP contribution in [0.5, 0.6) is 0 Å². The maximum Gasteiger partial charge on any atom is 0.217 e. The molecule has 2 rings (SSSR count). The van der Waals surface area contributed by atoms with Gasteiger partial charge in [-0.25, -0.2) is 13.0 Å². The van der Waals surface area contributed by atoms with Gasteiger partial charge in [-0.15, -0.1) is 0 Å². The second kappa shape index (κ2) is 8.99. The van der Waals surface area contributed by atoms with Gasteiger partial charge in [0.15, 0.2) is 12.4 Å². The molecule has 1 aromatic carbocycles. The molecule has 23 heavy (non-hydrogen) atoms. The number of aromatic nitrogens is 1. The highest BCUT2D eigenvalue weighted by Gasteiger charge is 1.96. The molecule has 0 atom stereocenters. The molecule has 0 fully saturated rings. The average Bonchev–Trinajstić information content (AvgIpc) is 2.55. The minimum atomic E-state index is -4.41. The minimum Gasteiger partial charge on any atom is -0.726 e. The van der Waals surface area contributed by atoms with E-state index in [4.69, 9.17) is 0 Å². The zero-order valence-electron chi connectivity index (χ0n) is 13.2. The first-order valence-corrected chi connectivity index (χ1v) is 7.94. The Morgan fingerprint density at radius 2 is 1.70 bits per heavy atom. The molecule has 0 unspecified atom stereocenters. The Morgan fingerprint density at radius 1 is 1.17 bits per heavy atom. The van der Waals surface area contributed by atoms with Gasteiger partial charge in [-0.2, -0.15) is 5.10 Å². The van der Waals surface area contributed by atoms with Gasteiger partial charge in [0.2, 0.25) is 10.4 Å². The van der Waals surface area contributed by atoms with Crippen molar-refractivity contribution in [3.8, 4) is 0 Å². The highest BCUT2D eigenvalue weighted by atomic mass is 32.3. The summed E-state index contributed by atoms with van der Waals surface area (Å²) in [6.45, 7) is 0. The van der Waals surface area contributed by atoms with Gasteiger partial charge in [-0.3, -0.25) is 9.19 Å². The lowest BCUT2D eigenvalue weighted by molar-refractivity contribution is -0.671. The van der Waals surface area contributed by atoms with Crippen molar-refractivity contribution in [2.45, 2.75) is 0 Å². The molecule has 0 amide bonds. The summed E-state index contributed by atoms with van der Waals surface area (Å²) in [5, 5.41) is 6.25. The first-order valence-electron chi connectivity index (χ1n) is 6.61. The molecular formula is C15H19N3O4S. The first-order chi connectivity index (χ1) is 10.8. The second-order valence-corrected chi connectivity index (χ2v) is 5.63. The Labute approximate surface area is 136 Å². The third-order valence-electron chi connectivity index (χ3n) is 2.72. The van der Waals surface area contributed by atoms with E-state index in [2.05, 4.69) is 9.28 Å². The number of benzene rings is 1. The van der Waals surface area contributed by atoms with Gasteiger partial charge in [0, 0.05) is 24.7 Å². The largest absolute Gasteiger partial charge is 0.726 e. The van der Waals surface area contributed by atoms with Crippen molar-refractivity contribution in [1.82, 2.24) is 0 Å². The third-order valence-corrected chi connectivity index (χ3v) is 3.13. The topological polar surface area (TPSA) is 85.9 Å². The fraction of sp³-hybridized carbons (Fsp3) is 0.200. The van der Waals surface area contributed by atoms with E-state index in [0.29, 0.717) is 0 Å². The predicted octanol–water partition coefficient (Wildman–Crippen LogP) is 1.07. The first kappa shape index (κ1) is 18.8. The second-order valence-electron chi connectivity index (χ2n) is 4.48. The van der Waals surface area contributed by atoms with Gasteiger partial charge in [0.05, 0.1) is 19.0 Å². The molecule has 0 spiro atoms. The lowest BCUT2D eigenvalue weighted by atomic mass is 10.3. The van der Waals surface area contributed by atoms with Crippen molar-refractivity contribution in [2.24, 2.45) is 12.1 Å². The van der Waals surface area contributed by atoms with Crippen LogP contribution in [0.4, 0.5) is 5.69 Å². The number of pyridine rings is 1. The predicted molar refractivity (Wildman–Crippen MR) is 86.8 cm³/mol. The third kappa shape index (κ3) is 8.05. The van der Waals surface area contributed by atoms with Crippen molar-refractivity contribution in [3.63, 3.8) is 0 Å². The lowest BCUT2D eigenvalue weighted by Crippen LogP contribution is -2.25. The van der Waals surface area contributed by atoms with Crippen LogP contribution in [0.3, 0.4) is 0 Å². The molecule has 8 heteroatoms. The van der Waals surface area contributed by atoms with Gasteiger partial charge in [-0.1, -0.05) is 18.2 Å². The van der Waals surface area contributed by atoms with E-state index in [1.807, 2.05) is 84.7 Å². The van der Waals surface area contributed by atoms with Crippen LogP contribution in [0.25, 0.3) is 0 Å². The Morgan fingerprint density at radius 3 is 2.17 bits per heavy atom. The van der Waals surface area contributed by atoms with Crippen LogP contribution in [0, 0.1) is 0 Å². The van der Waals surface area contributed by atoms with Gasteiger partial charge in [0.25, 0.3) is 0 Å². The summed E-state index contributed by atoms with van der Waals surface area (Å²) in [4.78, 5) is 0. The SMILES string of the molecule is CN(N=Cc1cc[n+](C)cc1)c1ccccc1.COS(=O)(=O)[O-]. The summed E-state index contributed by atoms with van der Waals surface area (Å²) >= 11 is 0. The maximum atomic E-state index is 9.22. The van der Waals surface area contributed by atoms with Crippen molar-refractivity contribution < 1.29 is 21.7 Å². The summed E-state index contributed by atoms with van der Waals surface area (Å²) in [5.74, 6) is 0. The van der Waals surface area contributed by atoms with Crippen LogP contribution in [0.2, 0.25) is 0 Å². The van der Waals surface area contributed by atoms with E-state index in [9.17, 15) is 13.0 Å². The number of nitrogens with zero attached hydrogens (tertiary/aromatic N) is 3. The molecule has 1 aromatic heterocycles. The Kier molecular flexibility index (Phi) is 7.33. The van der Waals surface area contributed by atoms with Crippen molar-refractivity contribution in [2.75, 3.05) is 19.2 Å². The van der Waals surface area contributed by atoms with Crippen LogP contribution in [-0.2, 0) is 21.6 Å². The summed E-state index contributed by atoms with van der Waals surface area (Å²) in [6.07, 6.45) is 5.86. The van der Waals surface area contributed by atoms with E-state index >= 15 is 0 Å². The molecule has 1 heterocycles. The fourth-order valence-electron chi connectivity index (χ4n) is 1.46. The number of anilines is 1. The average molecular weight is 337 g/mol. The molecule has 0 N–H and O–H groups in total. The number of aryl methyl sites for hydroxylation is 1. The van der Waals surface area contributed by atoms with Crippen LogP contribution in [0.1, 0.15) is 5.56 Å². The molecule has 0 bridgehead atoms. The standard InChI is InChI=1S/C14H16N3.CH4O4S/c1-16-10-8-13(9-11-16)12-15-17(2)14-6-4-3-5-7-14;1-5-6(2,3)4/h3-12H,1-2H3;1H3,(H,2,3,4)/q+1;/p-1. The minimum absolute atomic E-state index is 0.808. The maximum absolute atomic E-state index is 9.22. The summed E-state index contributed by atoms with van der Waals surface area (Å²) < 4.78 is 33.0. The van der Waals surface area contributed by atoms with Crippen molar-refractivity contribution in [1.29, 1.82) is 0 Å². The van der Waals surface area contributed by atoms with Crippen molar-refractivity contribution in [3.05, 3.63) is 60.4 Å². The Bertz CT molecular complexity index is 716. The lowest BCUT2D eigenvalue weighted by Gasteiger charge is -2.11. The quantitative estimate of drug-likeness (QED) is 0.274. The van der Waals surface area contributed by atoms with Crippen LogP contribution in [0.15, 0.2) is 60.0 Å². The van der Waals surface area contributed by atoms with Crippen molar-refractivity contribution >= 4 is 22.3 Å². The van der Waals surface area contributed by atoms with E-state index in [1.165, 1.54) is 0 Å². The van der Waals surface area contributed by atoms with Crippen LogP contribution >= 0.6 is 0 Å². The molecule has 0 radical (unpaired) electrons. The Hall–Kier alpha value is -2.29. The van der Waals surface area contributed by atoms with E-state index < -0.39 is 10.4 Å². The normalized spacial score (nSPS) is 11.0.